The van der Waals surface area contributed by atoms with Crippen LogP contribution in [0.15, 0.2) is 52.3 Å². The van der Waals surface area contributed by atoms with Gasteiger partial charge in [-0.2, -0.15) is 0 Å². The van der Waals surface area contributed by atoms with Crippen molar-refractivity contribution in [3.05, 3.63) is 53.6 Å². The van der Waals surface area contributed by atoms with Crippen LogP contribution in [-0.2, 0) is 4.79 Å². The molecule has 0 saturated carbocycles. The highest BCUT2D eigenvalue weighted by atomic mass is 32.2. The molecule has 0 aliphatic rings. The first-order chi connectivity index (χ1) is 9.06. The molecule has 0 aromatic heterocycles. The molecule has 0 saturated heterocycles. The number of aryl methyl sites for hydroxylation is 2. The molecular weight excluding hydrogens is 254 g/mol. The second-order valence-corrected chi connectivity index (χ2v) is 5.63. The van der Waals surface area contributed by atoms with Crippen molar-refractivity contribution in [3.8, 4) is 0 Å². The zero-order valence-corrected chi connectivity index (χ0v) is 12.2. The molecule has 0 fully saturated rings. The first-order valence-corrected chi connectivity index (χ1v) is 6.99. The summed E-state index contributed by atoms with van der Waals surface area (Å²) < 4.78 is 0. The van der Waals surface area contributed by atoms with Gasteiger partial charge in [-0.25, -0.2) is 0 Å². The monoisotopic (exact) mass is 271 g/mol. The van der Waals surface area contributed by atoms with Gasteiger partial charge >= 0.3 is 0 Å². The Morgan fingerprint density at radius 1 is 1.05 bits per heavy atom. The van der Waals surface area contributed by atoms with E-state index in [1.807, 2.05) is 24.3 Å². The van der Waals surface area contributed by atoms with Crippen LogP contribution in [0.3, 0.4) is 0 Å². The van der Waals surface area contributed by atoms with E-state index in [0.717, 1.165) is 10.6 Å². The van der Waals surface area contributed by atoms with E-state index < -0.39 is 0 Å². The third kappa shape index (κ3) is 3.61. The number of amides is 1. The fourth-order valence-corrected chi connectivity index (χ4v) is 2.85. The van der Waals surface area contributed by atoms with E-state index in [4.69, 9.17) is 0 Å². The van der Waals surface area contributed by atoms with E-state index in [1.165, 1.54) is 22.9 Å². The second kappa shape index (κ2) is 5.93. The van der Waals surface area contributed by atoms with Gasteiger partial charge in [-0.3, -0.25) is 4.79 Å². The van der Waals surface area contributed by atoms with Gasteiger partial charge in [0, 0.05) is 16.7 Å². The van der Waals surface area contributed by atoms with Crippen LogP contribution >= 0.6 is 11.8 Å². The number of anilines is 1. The maximum atomic E-state index is 11.2. The zero-order chi connectivity index (χ0) is 13.8. The quantitative estimate of drug-likeness (QED) is 0.895. The van der Waals surface area contributed by atoms with Crippen molar-refractivity contribution in [1.29, 1.82) is 0 Å². The van der Waals surface area contributed by atoms with E-state index in [-0.39, 0.29) is 5.91 Å². The number of nitrogens with one attached hydrogen (secondary N) is 1. The van der Waals surface area contributed by atoms with Gasteiger partial charge < -0.3 is 5.32 Å². The number of hydrogen-bond donors (Lipinski definition) is 1. The number of hydrogen-bond acceptors (Lipinski definition) is 2. The van der Waals surface area contributed by atoms with Crippen molar-refractivity contribution < 1.29 is 4.79 Å². The molecule has 0 heterocycles. The molecule has 3 heteroatoms. The molecule has 0 unspecified atom stereocenters. The Balaban J connectivity index is 2.30. The van der Waals surface area contributed by atoms with E-state index in [9.17, 15) is 4.79 Å². The van der Waals surface area contributed by atoms with Gasteiger partial charge in [0.25, 0.3) is 0 Å². The first kappa shape index (κ1) is 13.7. The molecular formula is C16H17NOS. The normalized spacial score (nSPS) is 10.3. The van der Waals surface area contributed by atoms with Crippen molar-refractivity contribution in [2.45, 2.75) is 30.6 Å². The van der Waals surface area contributed by atoms with Crippen molar-refractivity contribution >= 4 is 23.4 Å². The lowest BCUT2D eigenvalue weighted by atomic mass is 10.2. The van der Waals surface area contributed by atoms with Crippen LogP contribution in [0.1, 0.15) is 18.1 Å². The lowest BCUT2D eigenvalue weighted by molar-refractivity contribution is -0.114. The molecule has 2 aromatic rings. The van der Waals surface area contributed by atoms with Gasteiger partial charge in [0.1, 0.15) is 0 Å². The summed E-state index contributed by atoms with van der Waals surface area (Å²) in [5.74, 6) is -0.0475. The number of carbonyl (C=O) groups is 1. The highest BCUT2D eigenvalue weighted by molar-refractivity contribution is 7.99. The molecule has 2 aromatic carbocycles. The van der Waals surface area contributed by atoms with E-state index in [2.05, 4.69) is 37.4 Å². The molecule has 0 atom stereocenters. The zero-order valence-electron chi connectivity index (χ0n) is 11.4. The SMILES string of the molecule is CC(=O)Nc1ccccc1Sc1ccc(C)cc1C. The average molecular weight is 271 g/mol. The summed E-state index contributed by atoms with van der Waals surface area (Å²) in [5, 5.41) is 2.86. The molecule has 0 radical (unpaired) electrons. The van der Waals surface area contributed by atoms with Crippen molar-refractivity contribution in [2.75, 3.05) is 5.32 Å². The summed E-state index contributed by atoms with van der Waals surface area (Å²) in [6.07, 6.45) is 0. The summed E-state index contributed by atoms with van der Waals surface area (Å²) in [7, 11) is 0. The minimum atomic E-state index is -0.0475. The molecule has 0 bridgehead atoms. The average Bonchev–Trinajstić information content (AvgIpc) is 2.34. The van der Waals surface area contributed by atoms with Crippen LogP contribution in [0.4, 0.5) is 5.69 Å². The Bertz CT molecular complexity index is 607. The van der Waals surface area contributed by atoms with E-state index in [0.29, 0.717) is 0 Å². The molecule has 1 amide bonds. The molecule has 0 spiro atoms. The lowest BCUT2D eigenvalue weighted by Crippen LogP contribution is -2.06. The molecule has 2 nitrogen and oxygen atoms in total. The third-order valence-corrected chi connectivity index (χ3v) is 4.00. The molecule has 19 heavy (non-hydrogen) atoms. The van der Waals surface area contributed by atoms with Gasteiger partial charge in [-0.05, 0) is 37.6 Å². The van der Waals surface area contributed by atoms with Crippen molar-refractivity contribution in [2.24, 2.45) is 0 Å². The third-order valence-electron chi connectivity index (χ3n) is 2.75. The summed E-state index contributed by atoms with van der Waals surface area (Å²) in [5.41, 5.74) is 3.37. The van der Waals surface area contributed by atoms with Gasteiger partial charge in [-0.1, -0.05) is 41.6 Å². The summed E-state index contributed by atoms with van der Waals surface area (Å²) in [6, 6.07) is 14.3. The minimum Gasteiger partial charge on any atom is -0.325 e. The largest absolute Gasteiger partial charge is 0.325 e. The lowest BCUT2D eigenvalue weighted by Gasteiger charge is -2.11. The van der Waals surface area contributed by atoms with E-state index in [1.54, 1.807) is 11.8 Å². The summed E-state index contributed by atoms with van der Waals surface area (Å²) in [6.45, 7) is 5.72. The first-order valence-electron chi connectivity index (χ1n) is 6.18. The van der Waals surface area contributed by atoms with Crippen LogP contribution in [0.25, 0.3) is 0 Å². The van der Waals surface area contributed by atoms with E-state index >= 15 is 0 Å². The van der Waals surface area contributed by atoms with Crippen LogP contribution in [0.5, 0.6) is 0 Å². The van der Waals surface area contributed by atoms with Gasteiger partial charge in [0.05, 0.1) is 5.69 Å². The van der Waals surface area contributed by atoms with Gasteiger partial charge in [-0.15, -0.1) is 0 Å². The van der Waals surface area contributed by atoms with Crippen LogP contribution < -0.4 is 5.32 Å². The Morgan fingerprint density at radius 3 is 2.47 bits per heavy atom. The molecule has 0 aliphatic carbocycles. The van der Waals surface area contributed by atoms with Crippen molar-refractivity contribution in [3.63, 3.8) is 0 Å². The Hall–Kier alpha value is -1.74. The fourth-order valence-electron chi connectivity index (χ4n) is 1.88. The Labute approximate surface area is 118 Å². The Morgan fingerprint density at radius 2 is 1.79 bits per heavy atom. The highest BCUT2D eigenvalue weighted by Crippen LogP contribution is 2.35. The van der Waals surface area contributed by atoms with Crippen molar-refractivity contribution in [1.82, 2.24) is 0 Å². The topological polar surface area (TPSA) is 29.1 Å². The van der Waals surface area contributed by atoms with Crippen LogP contribution in [0, 0.1) is 13.8 Å². The van der Waals surface area contributed by atoms with Gasteiger partial charge in [0.15, 0.2) is 0 Å². The molecule has 2 rings (SSSR count). The van der Waals surface area contributed by atoms with Gasteiger partial charge in [0.2, 0.25) is 5.91 Å². The highest BCUT2D eigenvalue weighted by Gasteiger charge is 2.07. The molecule has 1 N–H and O–H groups in total. The van der Waals surface area contributed by atoms with Crippen LogP contribution in [-0.4, -0.2) is 5.91 Å². The maximum Gasteiger partial charge on any atom is 0.221 e. The summed E-state index contributed by atoms with van der Waals surface area (Å²) in [4.78, 5) is 13.5. The number of rotatable bonds is 3. The minimum absolute atomic E-state index is 0.0475. The predicted octanol–water partition coefficient (Wildman–Crippen LogP) is 4.41. The standard InChI is InChI=1S/C16H17NOS/c1-11-8-9-15(12(2)10-11)19-16-7-5-4-6-14(16)17-13(3)18/h4-10H,1-3H3,(H,17,18). The smallest absolute Gasteiger partial charge is 0.221 e. The fraction of sp³-hybridized carbons (Fsp3) is 0.188. The molecule has 98 valence electrons. The Kier molecular flexibility index (Phi) is 4.27. The van der Waals surface area contributed by atoms with Crippen LogP contribution in [0.2, 0.25) is 0 Å². The second-order valence-electron chi connectivity index (χ2n) is 4.55. The maximum absolute atomic E-state index is 11.2. The number of carbonyl (C=O) groups excluding carboxylic acids is 1. The number of para-hydroxylation sites is 1. The summed E-state index contributed by atoms with van der Waals surface area (Å²) >= 11 is 1.68. The number of benzene rings is 2. The molecule has 0 aliphatic heterocycles. The predicted molar refractivity (Wildman–Crippen MR) is 80.8 cm³/mol.